The van der Waals surface area contributed by atoms with Crippen LogP contribution in [0.4, 0.5) is 5.95 Å². The van der Waals surface area contributed by atoms with Gasteiger partial charge in [-0.2, -0.15) is 0 Å². The highest BCUT2D eigenvalue weighted by Crippen LogP contribution is 2.18. The normalized spacial score (nSPS) is 10.4. The number of aromatic nitrogens is 2. The van der Waals surface area contributed by atoms with Crippen molar-refractivity contribution in [2.75, 3.05) is 11.9 Å². The molecule has 0 radical (unpaired) electrons. The number of nitrogens with one attached hydrogen (secondary N) is 1. The van der Waals surface area contributed by atoms with Gasteiger partial charge in [0.1, 0.15) is 0 Å². The van der Waals surface area contributed by atoms with Crippen molar-refractivity contribution in [1.29, 1.82) is 0 Å². The third-order valence-electron chi connectivity index (χ3n) is 2.26. The Morgan fingerprint density at radius 2 is 2.31 bits per heavy atom. The van der Waals surface area contributed by atoms with Gasteiger partial charge < -0.3 is 5.32 Å². The van der Waals surface area contributed by atoms with Gasteiger partial charge in [-0.25, -0.2) is 4.98 Å². The Kier molecular flexibility index (Phi) is 3.62. The summed E-state index contributed by atoms with van der Waals surface area (Å²) in [6.07, 6.45) is 4.85. The summed E-state index contributed by atoms with van der Waals surface area (Å²) in [5.41, 5.74) is 1.10. The van der Waals surface area contributed by atoms with Gasteiger partial charge in [-0.1, -0.05) is 28.9 Å². The lowest BCUT2D eigenvalue weighted by molar-refractivity contribution is 0.937. The van der Waals surface area contributed by atoms with E-state index in [0.717, 1.165) is 29.1 Å². The van der Waals surface area contributed by atoms with Crippen LogP contribution in [-0.2, 0) is 0 Å². The average molecular weight is 280 g/mol. The SMILES string of the molecule is CCCNc1nccn1-c1cccc(Br)c1. The standard InChI is InChI=1S/C12H14BrN3/c1-2-6-14-12-15-7-8-16(12)11-5-3-4-10(13)9-11/h3-5,7-9H,2,6H2,1H3,(H,14,15). The first-order valence-corrected chi connectivity index (χ1v) is 6.13. The largest absolute Gasteiger partial charge is 0.355 e. The fraction of sp³-hybridized carbons (Fsp3) is 0.250. The van der Waals surface area contributed by atoms with Gasteiger partial charge in [0.05, 0.1) is 0 Å². The third-order valence-corrected chi connectivity index (χ3v) is 2.75. The summed E-state index contributed by atoms with van der Waals surface area (Å²) >= 11 is 3.47. The lowest BCUT2D eigenvalue weighted by Crippen LogP contribution is -2.06. The summed E-state index contributed by atoms with van der Waals surface area (Å²) in [5, 5.41) is 3.30. The minimum atomic E-state index is 0.889. The van der Waals surface area contributed by atoms with Crippen LogP contribution in [0.25, 0.3) is 5.69 Å². The highest BCUT2D eigenvalue weighted by atomic mass is 79.9. The quantitative estimate of drug-likeness (QED) is 0.929. The van der Waals surface area contributed by atoms with Crippen molar-refractivity contribution in [1.82, 2.24) is 9.55 Å². The molecule has 1 heterocycles. The fourth-order valence-corrected chi connectivity index (χ4v) is 1.89. The monoisotopic (exact) mass is 279 g/mol. The van der Waals surface area contributed by atoms with E-state index in [-0.39, 0.29) is 0 Å². The number of nitrogens with zero attached hydrogens (tertiary/aromatic N) is 2. The van der Waals surface area contributed by atoms with E-state index in [0.29, 0.717) is 0 Å². The highest BCUT2D eigenvalue weighted by Gasteiger charge is 2.03. The number of imidazole rings is 1. The summed E-state index contributed by atoms with van der Waals surface area (Å²) in [7, 11) is 0. The lowest BCUT2D eigenvalue weighted by atomic mass is 10.3. The Bertz CT molecular complexity index is 465. The molecule has 2 aromatic rings. The average Bonchev–Trinajstić information content (AvgIpc) is 2.74. The first-order chi connectivity index (χ1) is 7.81. The molecule has 0 saturated heterocycles. The molecule has 0 atom stereocenters. The molecular formula is C12H14BrN3. The van der Waals surface area contributed by atoms with E-state index in [2.05, 4.69) is 45.3 Å². The third kappa shape index (κ3) is 2.44. The zero-order chi connectivity index (χ0) is 11.4. The first-order valence-electron chi connectivity index (χ1n) is 5.34. The molecule has 0 bridgehead atoms. The predicted octanol–water partition coefficient (Wildman–Crippen LogP) is 3.46. The maximum absolute atomic E-state index is 4.30. The summed E-state index contributed by atoms with van der Waals surface area (Å²) in [6, 6.07) is 8.16. The number of rotatable bonds is 4. The lowest BCUT2D eigenvalue weighted by Gasteiger charge is -2.09. The molecule has 0 fully saturated rings. The van der Waals surface area contributed by atoms with Gasteiger partial charge in [-0.15, -0.1) is 0 Å². The van der Waals surface area contributed by atoms with Gasteiger partial charge >= 0.3 is 0 Å². The summed E-state index contributed by atoms with van der Waals surface area (Å²) in [4.78, 5) is 4.30. The van der Waals surface area contributed by atoms with Crippen LogP contribution in [-0.4, -0.2) is 16.1 Å². The molecule has 1 aromatic carbocycles. The van der Waals surface area contributed by atoms with Crippen LogP contribution in [0.3, 0.4) is 0 Å². The van der Waals surface area contributed by atoms with Gasteiger partial charge in [0.15, 0.2) is 0 Å². The summed E-state index contributed by atoms with van der Waals surface area (Å²) < 4.78 is 3.11. The van der Waals surface area contributed by atoms with Crippen molar-refractivity contribution in [2.45, 2.75) is 13.3 Å². The second-order valence-corrected chi connectivity index (χ2v) is 4.44. The smallest absolute Gasteiger partial charge is 0.207 e. The molecule has 0 aliphatic heterocycles. The van der Waals surface area contributed by atoms with Crippen molar-refractivity contribution in [3.63, 3.8) is 0 Å². The van der Waals surface area contributed by atoms with Gasteiger partial charge in [0.25, 0.3) is 0 Å². The second kappa shape index (κ2) is 5.16. The van der Waals surface area contributed by atoms with Gasteiger partial charge in [-0.3, -0.25) is 4.57 Å². The number of halogens is 1. The molecule has 0 spiro atoms. The van der Waals surface area contributed by atoms with E-state index >= 15 is 0 Å². The van der Waals surface area contributed by atoms with Crippen LogP contribution in [0.5, 0.6) is 0 Å². The number of hydrogen-bond donors (Lipinski definition) is 1. The van der Waals surface area contributed by atoms with Crippen LogP contribution in [0.15, 0.2) is 41.1 Å². The van der Waals surface area contributed by atoms with Crippen LogP contribution < -0.4 is 5.32 Å². The van der Waals surface area contributed by atoms with Crippen molar-refractivity contribution in [3.05, 3.63) is 41.1 Å². The maximum atomic E-state index is 4.30. The van der Waals surface area contributed by atoms with E-state index in [9.17, 15) is 0 Å². The summed E-state index contributed by atoms with van der Waals surface area (Å²) in [6.45, 7) is 3.07. The molecular weight excluding hydrogens is 266 g/mol. The van der Waals surface area contributed by atoms with Crippen LogP contribution in [0.2, 0.25) is 0 Å². The Morgan fingerprint density at radius 1 is 1.44 bits per heavy atom. The number of benzene rings is 1. The molecule has 0 unspecified atom stereocenters. The molecule has 0 aliphatic carbocycles. The molecule has 1 N–H and O–H groups in total. The molecule has 16 heavy (non-hydrogen) atoms. The van der Waals surface area contributed by atoms with Gasteiger partial charge in [0.2, 0.25) is 5.95 Å². The van der Waals surface area contributed by atoms with Crippen molar-refractivity contribution in [2.24, 2.45) is 0 Å². The highest BCUT2D eigenvalue weighted by molar-refractivity contribution is 9.10. The van der Waals surface area contributed by atoms with Gasteiger partial charge in [-0.05, 0) is 24.6 Å². The zero-order valence-electron chi connectivity index (χ0n) is 9.15. The van der Waals surface area contributed by atoms with E-state index < -0.39 is 0 Å². The number of hydrogen-bond acceptors (Lipinski definition) is 2. The molecule has 0 saturated carbocycles. The first kappa shape index (κ1) is 11.2. The maximum Gasteiger partial charge on any atom is 0.207 e. The molecule has 4 heteroatoms. The van der Waals surface area contributed by atoms with Crippen molar-refractivity contribution >= 4 is 21.9 Å². The Morgan fingerprint density at radius 3 is 3.06 bits per heavy atom. The van der Waals surface area contributed by atoms with E-state index in [1.54, 1.807) is 6.20 Å². The van der Waals surface area contributed by atoms with E-state index in [4.69, 9.17) is 0 Å². The van der Waals surface area contributed by atoms with E-state index in [1.807, 2.05) is 22.9 Å². The Balaban J connectivity index is 2.29. The zero-order valence-corrected chi connectivity index (χ0v) is 10.7. The van der Waals surface area contributed by atoms with Crippen LogP contribution in [0, 0.1) is 0 Å². The fourth-order valence-electron chi connectivity index (χ4n) is 1.51. The number of anilines is 1. The Hall–Kier alpha value is -1.29. The van der Waals surface area contributed by atoms with Crippen molar-refractivity contribution in [3.8, 4) is 5.69 Å². The molecule has 1 aromatic heterocycles. The topological polar surface area (TPSA) is 29.9 Å². The van der Waals surface area contributed by atoms with Crippen LogP contribution >= 0.6 is 15.9 Å². The van der Waals surface area contributed by atoms with Gasteiger partial charge in [0, 0.05) is 29.1 Å². The molecule has 0 amide bonds. The Labute approximate surface area is 104 Å². The second-order valence-electron chi connectivity index (χ2n) is 3.53. The summed E-state index contributed by atoms with van der Waals surface area (Å²) in [5.74, 6) is 0.889. The minimum Gasteiger partial charge on any atom is -0.355 e. The molecule has 2 rings (SSSR count). The van der Waals surface area contributed by atoms with Crippen LogP contribution in [0.1, 0.15) is 13.3 Å². The molecule has 3 nitrogen and oxygen atoms in total. The minimum absolute atomic E-state index is 0.889. The molecule has 0 aliphatic rings. The van der Waals surface area contributed by atoms with Crippen molar-refractivity contribution < 1.29 is 0 Å². The molecule has 84 valence electrons. The van der Waals surface area contributed by atoms with E-state index in [1.165, 1.54) is 0 Å². The predicted molar refractivity (Wildman–Crippen MR) is 70.0 cm³/mol.